The van der Waals surface area contributed by atoms with Crippen LogP contribution in [0.2, 0.25) is 5.02 Å². The first kappa shape index (κ1) is 15.3. The van der Waals surface area contributed by atoms with Crippen LogP contribution in [0.3, 0.4) is 0 Å². The number of nitrogens with zero attached hydrogens (tertiary/aromatic N) is 1. The second kappa shape index (κ2) is 6.44. The van der Waals surface area contributed by atoms with Gasteiger partial charge in [0.2, 0.25) is 0 Å². The van der Waals surface area contributed by atoms with Crippen molar-refractivity contribution in [3.05, 3.63) is 28.8 Å². The average Bonchev–Trinajstić information content (AvgIpc) is 2.23. The number of rotatable bonds is 5. The molecule has 0 aliphatic heterocycles. The second-order valence-corrected chi connectivity index (χ2v) is 6.39. The van der Waals surface area contributed by atoms with Crippen LogP contribution < -0.4 is 10.2 Å². The number of benzene rings is 1. The smallest absolute Gasteiger partial charge is 0.0642 e. The van der Waals surface area contributed by atoms with E-state index in [0.29, 0.717) is 0 Å². The molecular weight excluding hydrogens is 244 g/mol. The maximum Gasteiger partial charge on any atom is 0.0642 e. The van der Waals surface area contributed by atoms with Gasteiger partial charge in [0, 0.05) is 20.1 Å². The third-order valence-electron chi connectivity index (χ3n) is 2.71. The van der Waals surface area contributed by atoms with Crippen LogP contribution in [-0.4, -0.2) is 20.1 Å². The molecular formula is C15H25ClN2. The van der Waals surface area contributed by atoms with Crippen molar-refractivity contribution in [3.63, 3.8) is 0 Å². The van der Waals surface area contributed by atoms with Crippen molar-refractivity contribution in [2.24, 2.45) is 5.41 Å². The molecule has 2 nitrogen and oxygen atoms in total. The molecule has 0 aromatic heterocycles. The first-order valence-corrected chi connectivity index (χ1v) is 6.91. The minimum absolute atomic E-state index is 0.264. The Balaban J connectivity index is 2.78. The van der Waals surface area contributed by atoms with Crippen LogP contribution in [-0.2, 0) is 6.54 Å². The molecule has 0 aliphatic carbocycles. The lowest BCUT2D eigenvalue weighted by atomic mass is 9.96. The van der Waals surface area contributed by atoms with Gasteiger partial charge in [-0.3, -0.25) is 0 Å². The van der Waals surface area contributed by atoms with Crippen LogP contribution >= 0.6 is 11.6 Å². The van der Waals surface area contributed by atoms with Gasteiger partial charge in [0.05, 0.1) is 10.7 Å². The summed E-state index contributed by atoms with van der Waals surface area (Å²) in [6.45, 7) is 11.6. The van der Waals surface area contributed by atoms with Gasteiger partial charge < -0.3 is 10.2 Å². The van der Waals surface area contributed by atoms with Crippen molar-refractivity contribution in [1.82, 2.24) is 5.32 Å². The number of nitrogens with one attached hydrogen (secondary N) is 1. The van der Waals surface area contributed by atoms with E-state index in [-0.39, 0.29) is 5.41 Å². The Hall–Kier alpha value is -0.730. The van der Waals surface area contributed by atoms with E-state index in [1.807, 2.05) is 0 Å². The molecule has 1 N–H and O–H groups in total. The fraction of sp³-hybridized carbons (Fsp3) is 0.600. The molecule has 18 heavy (non-hydrogen) atoms. The standard InChI is InChI=1S/C15H25ClN2/c1-6-17-10-12-7-8-14(13(16)9-12)18(5)11-15(2,3)4/h7-9,17H,6,10-11H2,1-5H3. The molecule has 0 unspecified atom stereocenters. The van der Waals surface area contributed by atoms with E-state index in [2.05, 4.69) is 63.2 Å². The first-order chi connectivity index (χ1) is 8.33. The zero-order valence-electron chi connectivity index (χ0n) is 12.2. The molecule has 0 fully saturated rings. The van der Waals surface area contributed by atoms with Crippen LogP contribution in [0.1, 0.15) is 33.3 Å². The van der Waals surface area contributed by atoms with Gasteiger partial charge >= 0.3 is 0 Å². The van der Waals surface area contributed by atoms with Gasteiger partial charge in [0.15, 0.2) is 0 Å². The normalized spacial score (nSPS) is 11.7. The molecule has 0 spiro atoms. The van der Waals surface area contributed by atoms with Gasteiger partial charge in [-0.1, -0.05) is 45.4 Å². The van der Waals surface area contributed by atoms with Crippen LogP contribution in [0.15, 0.2) is 18.2 Å². The number of anilines is 1. The van der Waals surface area contributed by atoms with Crippen molar-refractivity contribution in [3.8, 4) is 0 Å². The lowest BCUT2D eigenvalue weighted by Gasteiger charge is -2.29. The summed E-state index contributed by atoms with van der Waals surface area (Å²) in [6.07, 6.45) is 0. The SMILES string of the molecule is CCNCc1ccc(N(C)CC(C)(C)C)c(Cl)c1. The predicted octanol–water partition coefficient (Wildman–Crippen LogP) is 3.93. The van der Waals surface area contributed by atoms with E-state index >= 15 is 0 Å². The summed E-state index contributed by atoms with van der Waals surface area (Å²) in [5.74, 6) is 0. The highest BCUT2D eigenvalue weighted by atomic mass is 35.5. The van der Waals surface area contributed by atoms with Gasteiger partial charge in [-0.25, -0.2) is 0 Å². The maximum absolute atomic E-state index is 6.36. The van der Waals surface area contributed by atoms with Crippen molar-refractivity contribution in [2.75, 3.05) is 25.0 Å². The molecule has 0 amide bonds. The molecule has 1 aromatic rings. The van der Waals surface area contributed by atoms with E-state index in [9.17, 15) is 0 Å². The molecule has 0 heterocycles. The molecule has 0 saturated carbocycles. The van der Waals surface area contributed by atoms with Crippen LogP contribution in [0.5, 0.6) is 0 Å². The fourth-order valence-electron chi connectivity index (χ4n) is 2.04. The Morgan fingerprint density at radius 2 is 1.94 bits per heavy atom. The number of hydrogen-bond donors (Lipinski definition) is 1. The third-order valence-corrected chi connectivity index (χ3v) is 3.02. The molecule has 3 heteroatoms. The topological polar surface area (TPSA) is 15.3 Å². The van der Waals surface area contributed by atoms with Crippen molar-refractivity contribution < 1.29 is 0 Å². The second-order valence-electron chi connectivity index (χ2n) is 5.98. The summed E-state index contributed by atoms with van der Waals surface area (Å²) in [5, 5.41) is 4.14. The largest absolute Gasteiger partial charge is 0.373 e. The van der Waals surface area contributed by atoms with Gasteiger partial charge in [0.1, 0.15) is 0 Å². The molecule has 102 valence electrons. The van der Waals surface area contributed by atoms with E-state index in [0.717, 1.165) is 30.3 Å². The summed E-state index contributed by atoms with van der Waals surface area (Å²) in [4.78, 5) is 2.22. The monoisotopic (exact) mass is 268 g/mol. The van der Waals surface area contributed by atoms with E-state index < -0.39 is 0 Å². The highest BCUT2D eigenvalue weighted by Crippen LogP contribution is 2.28. The Kier molecular flexibility index (Phi) is 5.48. The lowest BCUT2D eigenvalue weighted by Crippen LogP contribution is -2.29. The van der Waals surface area contributed by atoms with E-state index in [1.165, 1.54) is 5.56 Å². The summed E-state index contributed by atoms with van der Waals surface area (Å²) < 4.78 is 0. The van der Waals surface area contributed by atoms with E-state index in [1.54, 1.807) is 0 Å². The summed E-state index contributed by atoms with van der Waals surface area (Å²) in [5.41, 5.74) is 2.60. The zero-order valence-corrected chi connectivity index (χ0v) is 12.9. The van der Waals surface area contributed by atoms with Crippen molar-refractivity contribution in [2.45, 2.75) is 34.2 Å². The highest BCUT2D eigenvalue weighted by molar-refractivity contribution is 6.33. The predicted molar refractivity (Wildman–Crippen MR) is 81.6 cm³/mol. The first-order valence-electron chi connectivity index (χ1n) is 6.54. The van der Waals surface area contributed by atoms with Gasteiger partial charge in [0.25, 0.3) is 0 Å². The average molecular weight is 269 g/mol. The van der Waals surface area contributed by atoms with Crippen molar-refractivity contribution >= 4 is 17.3 Å². The molecule has 1 rings (SSSR count). The van der Waals surface area contributed by atoms with Crippen LogP contribution in [0.4, 0.5) is 5.69 Å². The number of hydrogen-bond acceptors (Lipinski definition) is 2. The highest BCUT2D eigenvalue weighted by Gasteiger charge is 2.15. The minimum Gasteiger partial charge on any atom is -0.373 e. The number of halogens is 1. The summed E-state index contributed by atoms with van der Waals surface area (Å²) in [7, 11) is 2.09. The maximum atomic E-state index is 6.36. The Bertz CT molecular complexity index is 383. The van der Waals surface area contributed by atoms with Gasteiger partial charge in [-0.2, -0.15) is 0 Å². The molecule has 1 aromatic carbocycles. The van der Waals surface area contributed by atoms with Gasteiger partial charge in [-0.05, 0) is 29.7 Å². The Morgan fingerprint density at radius 1 is 1.28 bits per heavy atom. The molecule has 0 radical (unpaired) electrons. The third kappa shape index (κ3) is 4.87. The summed E-state index contributed by atoms with van der Waals surface area (Å²) in [6, 6.07) is 6.31. The quantitative estimate of drug-likeness (QED) is 0.870. The Morgan fingerprint density at radius 3 is 2.44 bits per heavy atom. The summed E-state index contributed by atoms with van der Waals surface area (Å²) >= 11 is 6.36. The molecule has 0 atom stereocenters. The lowest BCUT2D eigenvalue weighted by molar-refractivity contribution is 0.419. The van der Waals surface area contributed by atoms with Gasteiger partial charge in [-0.15, -0.1) is 0 Å². The fourth-order valence-corrected chi connectivity index (χ4v) is 2.38. The van der Waals surface area contributed by atoms with Crippen LogP contribution in [0.25, 0.3) is 0 Å². The molecule has 0 bridgehead atoms. The zero-order chi connectivity index (χ0) is 13.8. The van der Waals surface area contributed by atoms with E-state index in [4.69, 9.17) is 11.6 Å². The minimum atomic E-state index is 0.264. The molecule has 0 aliphatic rings. The Labute approximate surface area is 116 Å². The molecule has 0 saturated heterocycles. The van der Waals surface area contributed by atoms with Crippen LogP contribution in [0, 0.1) is 5.41 Å². The van der Waals surface area contributed by atoms with Crippen molar-refractivity contribution in [1.29, 1.82) is 0 Å².